The van der Waals surface area contributed by atoms with Crippen molar-refractivity contribution in [2.75, 3.05) is 13.2 Å². The standard InChI is InChI=1S/C20H29F11O2/c21-16(22,17(23,24)18(25,26)19(27,28)20(29,30)31)12-8-5-3-1-2-4-6-9-13-32-15-11-7-10-14-33-15/h15H,1-14H2. The SMILES string of the molecule is FC(F)(F)C(F)(F)C(F)(F)C(F)(F)C(F)(F)CCCCCCCCCCOC1CCCCO1. The largest absolute Gasteiger partial charge is 0.460 e. The smallest absolute Gasteiger partial charge is 0.353 e. The van der Waals surface area contributed by atoms with Gasteiger partial charge >= 0.3 is 29.9 Å². The fraction of sp³-hybridized carbons (Fsp3) is 1.00. The maximum atomic E-state index is 13.5. The third kappa shape index (κ3) is 7.83. The predicted molar refractivity (Wildman–Crippen MR) is 96.9 cm³/mol. The molecule has 0 aromatic heterocycles. The molecule has 33 heavy (non-hydrogen) atoms. The van der Waals surface area contributed by atoms with Crippen LogP contribution in [0.25, 0.3) is 0 Å². The molecule has 0 N–H and O–H groups in total. The van der Waals surface area contributed by atoms with E-state index in [-0.39, 0.29) is 12.7 Å². The second kappa shape index (κ2) is 12.2. The molecule has 0 radical (unpaired) electrons. The molecule has 0 bridgehead atoms. The molecule has 1 aliphatic rings. The molecule has 0 aromatic carbocycles. The molecular weight excluding hydrogens is 481 g/mol. The Balaban J connectivity index is 2.25. The molecule has 0 spiro atoms. The third-order valence-electron chi connectivity index (χ3n) is 5.43. The number of unbranched alkanes of at least 4 members (excludes halogenated alkanes) is 7. The van der Waals surface area contributed by atoms with E-state index < -0.39 is 42.7 Å². The molecule has 1 unspecified atom stereocenters. The summed E-state index contributed by atoms with van der Waals surface area (Å²) in [6, 6.07) is 0. The van der Waals surface area contributed by atoms with Gasteiger partial charge in [0.05, 0.1) is 0 Å². The molecule has 0 saturated carbocycles. The molecule has 1 saturated heterocycles. The van der Waals surface area contributed by atoms with Crippen molar-refractivity contribution >= 4 is 0 Å². The lowest BCUT2D eigenvalue weighted by molar-refractivity contribution is -0.422. The fourth-order valence-corrected chi connectivity index (χ4v) is 3.33. The molecule has 1 atom stereocenters. The summed E-state index contributed by atoms with van der Waals surface area (Å²) >= 11 is 0. The average Bonchev–Trinajstić information content (AvgIpc) is 2.71. The topological polar surface area (TPSA) is 18.5 Å². The highest BCUT2D eigenvalue weighted by molar-refractivity contribution is 5.06. The molecule has 1 rings (SSSR count). The van der Waals surface area contributed by atoms with Gasteiger partial charge in [-0.3, -0.25) is 0 Å². The lowest BCUT2D eigenvalue weighted by atomic mass is 9.94. The van der Waals surface area contributed by atoms with E-state index in [1.165, 1.54) is 0 Å². The third-order valence-corrected chi connectivity index (χ3v) is 5.43. The van der Waals surface area contributed by atoms with Gasteiger partial charge in [0.25, 0.3) is 0 Å². The summed E-state index contributed by atoms with van der Waals surface area (Å²) in [4.78, 5) is 0. The van der Waals surface area contributed by atoms with Gasteiger partial charge in [-0.25, -0.2) is 0 Å². The van der Waals surface area contributed by atoms with Gasteiger partial charge in [0.1, 0.15) is 0 Å². The van der Waals surface area contributed by atoms with Gasteiger partial charge in [-0.05, 0) is 32.1 Å². The maximum absolute atomic E-state index is 13.5. The van der Waals surface area contributed by atoms with Crippen LogP contribution in [0.5, 0.6) is 0 Å². The van der Waals surface area contributed by atoms with E-state index >= 15 is 0 Å². The van der Waals surface area contributed by atoms with Crippen LogP contribution in [0.3, 0.4) is 0 Å². The van der Waals surface area contributed by atoms with Gasteiger partial charge in [0.15, 0.2) is 6.29 Å². The summed E-state index contributed by atoms with van der Waals surface area (Å²) in [6.07, 6.45) is -3.19. The Morgan fingerprint density at radius 3 is 1.61 bits per heavy atom. The van der Waals surface area contributed by atoms with E-state index in [4.69, 9.17) is 9.47 Å². The Labute approximate surface area is 185 Å². The minimum absolute atomic E-state index is 0.0883. The van der Waals surface area contributed by atoms with Crippen molar-refractivity contribution in [3.63, 3.8) is 0 Å². The first-order valence-electron chi connectivity index (χ1n) is 10.9. The van der Waals surface area contributed by atoms with Crippen molar-refractivity contribution in [1.82, 2.24) is 0 Å². The van der Waals surface area contributed by atoms with Crippen LogP contribution in [-0.4, -0.2) is 49.4 Å². The van der Waals surface area contributed by atoms with E-state index in [1.54, 1.807) is 0 Å². The molecular formula is C20H29F11O2. The number of hydrogen-bond acceptors (Lipinski definition) is 2. The van der Waals surface area contributed by atoms with Crippen molar-refractivity contribution in [2.24, 2.45) is 0 Å². The summed E-state index contributed by atoms with van der Waals surface area (Å²) in [5, 5.41) is 0. The molecule has 1 fully saturated rings. The summed E-state index contributed by atoms with van der Waals surface area (Å²) < 4.78 is 153. The van der Waals surface area contributed by atoms with E-state index in [2.05, 4.69) is 0 Å². The Morgan fingerprint density at radius 2 is 1.12 bits per heavy atom. The van der Waals surface area contributed by atoms with Gasteiger partial charge in [0.2, 0.25) is 0 Å². The summed E-state index contributed by atoms with van der Waals surface area (Å²) in [6.45, 7) is 1.21. The van der Waals surface area contributed by atoms with E-state index in [9.17, 15) is 48.3 Å². The number of halogens is 11. The Morgan fingerprint density at radius 1 is 0.606 bits per heavy atom. The number of ether oxygens (including phenoxy) is 2. The van der Waals surface area contributed by atoms with Gasteiger partial charge in [-0.2, -0.15) is 48.3 Å². The van der Waals surface area contributed by atoms with Crippen LogP contribution < -0.4 is 0 Å². The molecule has 198 valence electrons. The number of alkyl halides is 11. The first-order valence-corrected chi connectivity index (χ1v) is 10.9. The van der Waals surface area contributed by atoms with Crippen molar-refractivity contribution in [1.29, 1.82) is 0 Å². The fourth-order valence-electron chi connectivity index (χ4n) is 3.33. The monoisotopic (exact) mass is 510 g/mol. The number of hydrogen-bond donors (Lipinski definition) is 0. The zero-order valence-electron chi connectivity index (χ0n) is 18.0. The Bertz CT molecular complexity index is 559. The van der Waals surface area contributed by atoms with Gasteiger partial charge in [0, 0.05) is 19.6 Å². The van der Waals surface area contributed by atoms with Gasteiger partial charge in [-0.15, -0.1) is 0 Å². The van der Waals surface area contributed by atoms with Crippen LogP contribution in [0.4, 0.5) is 48.3 Å². The van der Waals surface area contributed by atoms with Gasteiger partial charge in [-0.1, -0.05) is 38.5 Å². The first kappa shape index (κ1) is 30.2. The van der Waals surface area contributed by atoms with Crippen LogP contribution >= 0.6 is 0 Å². The summed E-state index contributed by atoms with van der Waals surface area (Å²) in [7, 11) is 0. The maximum Gasteiger partial charge on any atom is 0.460 e. The van der Waals surface area contributed by atoms with Crippen LogP contribution in [0.2, 0.25) is 0 Å². The molecule has 13 heteroatoms. The van der Waals surface area contributed by atoms with Crippen LogP contribution in [0.1, 0.15) is 77.0 Å². The van der Waals surface area contributed by atoms with Gasteiger partial charge < -0.3 is 9.47 Å². The number of rotatable bonds is 15. The Kier molecular flexibility index (Phi) is 11.2. The predicted octanol–water partition coefficient (Wildman–Crippen LogP) is 8.14. The molecule has 2 nitrogen and oxygen atoms in total. The highest BCUT2D eigenvalue weighted by Crippen LogP contribution is 2.58. The summed E-state index contributed by atoms with van der Waals surface area (Å²) in [5.74, 6) is -27.3. The second-order valence-corrected chi connectivity index (χ2v) is 8.17. The molecule has 1 heterocycles. The first-order chi connectivity index (χ1) is 15.1. The lowest BCUT2D eigenvalue weighted by Crippen LogP contribution is -2.66. The molecule has 0 aromatic rings. The minimum Gasteiger partial charge on any atom is -0.353 e. The van der Waals surface area contributed by atoms with Crippen molar-refractivity contribution in [3.05, 3.63) is 0 Å². The highest BCUT2D eigenvalue weighted by Gasteiger charge is 2.86. The highest BCUT2D eigenvalue weighted by atomic mass is 19.4. The molecule has 0 amide bonds. The van der Waals surface area contributed by atoms with E-state index in [1.807, 2.05) is 0 Å². The van der Waals surface area contributed by atoms with Crippen molar-refractivity contribution in [3.8, 4) is 0 Å². The van der Waals surface area contributed by atoms with Crippen LogP contribution in [0, 0.1) is 0 Å². The van der Waals surface area contributed by atoms with E-state index in [0.29, 0.717) is 32.5 Å². The molecule has 0 aliphatic carbocycles. The summed E-state index contributed by atoms with van der Waals surface area (Å²) in [5.41, 5.74) is 0. The minimum atomic E-state index is -7.32. The average molecular weight is 510 g/mol. The lowest BCUT2D eigenvalue weighted by Gasteiger charge is -2.37. The normalized spacial score (nSPS) is 19.2. The zero-order valence-corrected chi connectivity index (χ0v) is 18.0. The Hall–Kier alpha value is -0.850. The van der Waals surface area contributed by atoms with E-state index in [0.717, 1.165) is 38.5 Å². The zero-order chi connectivity index (χ0) is 25.4. The quantitative estimate of drug-likeness (QED) is 0.164. The van der Waals surface area contributed by atoms with Crippen molar-refractivity contribution < 1.29 is 57.8 Å². The molecule has 1 aliphatic heterocycles. The van der Waals surface area contributed by atoms with Crippen molar-refractivity contribution in [2.45, 2.75) is 113 Å². The van der Waals surface area contributed by atoms with Crippen LogP contribution in [-0.2, 0) is 9.47 Å². The van der Waals surface area contributed by atoms with Crippen LogP contribution in [0.15, 0.2) is 0 Å². The second-order valence-electron chi connectivity index (χ2n) is 8.17.